The molecule has 0 bridgehead atoms. The van der Waals surface area contributed by atoms with Crippen LogP contribution in [-0.2, 0) is 75.1 Å². The smallest absolute Gasteiger partial charge is 0.226 e. The van der Waals surface area contributed by atoms with E-state index < -0.39 is 108 Å². The van der Waals surface area contributed by atoms with Crippen molar-refractivity contribution in [1.29, 1.82) is 0 Å². The molecule has 12 atom stereocenters. The van der Waals surface area contributed by atoms with Gasteiger partial charge in [-0.15, -0.1) is 0 Å². The molecule has 8 amide bonds. The lowest BCUT2D eigenvalue weighted by atomic mass is 9.83. The van der Waals surface area contributed by atoms with Crippen LogP contribution in [0.3, 0.4) is 0 Å². The van der Waals surface area contributed by atoms with E-state index in [1.807, 2.05) is 60.5 Å². The lowest BCUT2D eigenvalue weighted by Gasteiger charge is -2.41. The number of hydrogen-bond acceptors (Lipinski definition) is 15. The normalized spacial score (nSPS) is 18.1. The van der Waals surface area contributed by atoms with Gasteiger partial charge in [0, 0.05) is 115 Å². The first kappa shape index (κ1) is 78.4. The van der Waals surface area contributed by atoms with E-state index in [9.17, 15) is 58.3 Å². The molecule has 2 aliphatic rings. The molecule has 1 aromatic carbocycles. The molecule has 0 saturated carbocycles. The molecular formula is C66H108N12O13. The summed E-state index contributed by atoms with van der Waals surface area (Å²) in [6, 6.07) is 2.53. The number of benzene rings is 1. The third-order valence-corrected chi connectivity index (χ3v) is 18.5. The fourth-order valence-corrected chi connectivity index (χ4v) is 12.9. The molecule has 91 heavy (non-hydrogen) atoms. The van der Waals surface area contributed by atoms with Crippen LogP contribution in [0.4, 0.5) is 0 Å². The Morgan fingerprint density at radius 3 is 1.85 bits per heavy atom. The van der Waals surface area contributed by atoms with Gasteiger partial charge in [-0.3, -0.25) is 57.6 Å². The maximum Gasteiger partial charge on any atom is 0.226 e. The molecule has 25 heteroatoms. The molecular weight excluding hydrogens is 1170 g/mol. The van der Waals surface area contributed by atoms with Gasteiger partial charge in [-0.1, -0.05) is 98.1 Å². The SMILES string of the molecule is CC[C@H](C)[C@@H]([C@@H](CC(=O)N1CCC[C@H]1[C@H](OC)[C@@H](C)C(=O)N[C@H](CN=[N+]=[N-])Cc1ccc(CC(=O)[C@H](CC(N)=O)NC(=O)[C@@H](CC(=O)[C@H](C)NC(=O)CCC(=O)N2CCC(C(=O)NC)CC2)C(C)C)cc1)OC)N(C)C(=O)[C@@H](CC(=O)[C@H](C(C)C)N(C)C)C(C)C. The maximum absolute atomic E-state index is 14.5. The third-order valence-electron chi connectivity index (χ3n) is 18.5. The van der Waals surface area contributed by atoms with Gasteiger partial charge in [0.15, 0.2) is 17.3 Å². The van der Waals surface area contributed by atoms with E-state index in [1.54, 1.807) is 73.8 Å². The number of likely N-dealkylation sites (N-methyl/N-ethyl adjacent to an activating group) is 2. The average molecular weight is 1280 g/mol. The van der Waals surface area contributed by atoms with Crippen LogP contribution in [-0.4, -0.2) is 201 Å². The number of Topliss-reactive ketones (excluding diaryl/α,β-unsaturated/α-hetero) is 3. The second-order valence-electron chi connectivity index (χ2n) is 26.4. The van der Waals surface area contributed by atoms with E-state index in [4.69, 9.17) is 15.2 Å². The molecule has 2 aliphatic heterocycles. The molecule has 25 nitrogen and oxygen atoms in total. The standard InChI is InChI=1S/C66H108N12O13/c1-17-41(8)61(76(14)66(89)49(39(4)5)34-54(81)60(40(6)7)75(12)13)55(90-15)36-59(85)78-28-18-19-51(78)62(91-16)42(9)63(86)72-47(37-70-74-68)31-44-20-22-45(23-21-44)32-53(80)50(35-56(67)82)73-65(88)48(38(2)3)33-52(79)43(10)71-57(83)24-25-58(84)77-29-26-46(27-30-77)64(87)69-11/h20-23,38-43,46-51,55,60-62H,17-19,24-37H2,1-16H3,(H2,67,82)(H,69,87)(H,71,83)(H,72,86)(H,73,88)/t41-,42+,43-,47-,48-,49-,50-,51-,55+,60-,61-,62+/m0/s1. The molecule has 1 aromatic rings. The minimum Gasteiger partial charge on any atom is -0.379 e. The summed E-state index contributed by atoms with van der Waals surface area (Å²) in [5.41, 5.74) is 16.1. The summed E-state index contributed by atoms with van der Waals surface area (Å²) in [4.78, 5) is 158. The van der Waals surface area contributed by atoms with Crippen molar-refractivity contribution in [1.82, 2.24) is 40.9 Å². The Labute approximate surface area is 539 Å². The average Bonchev–Trinajstić information content (AvgIpc) is 1.92. The number of ether oxygens (including phenoxy) is 2. The van der Waals surface area contributed by atoms with Gasteiger partial charge < -0.3 is 51.2 Å². The molecule has 0 radical (unpaired) electrons. The van der Waals surface area contributed by atoms with Crippen molar-refractivity contribution >= 4 is 64.6 Å². The Kier molecular flexibility index (Phi) is 33.0. The first-order chi connectivity index (χ1) is 42.8. The van der Waals surface area contributed by atoms with E-state index in [1.165, 1.54) is 21.1 Å². The van der Waals surface area contributed by atoms with Crippen molar-refractivity contribution in [3.63, 3.8) is 0 Å². The van der Waals surface area contributed by atoms with Crippen molar-refractivity contribution in [3.8, 4) is 0 Å². The Bertz CT molecular complexity index is 2670. The summed E-state index contributed by atoms with van der Waals surface area (Å²) in [7, 11) is 10.1. The van der Waals surface area contributed by atoms with Crippen LogP contribution in [0.1, 0.15) is 151 Å². The van der Waals surface area contributed by atoms with Gasteiger partial charge in [0.05, 0.1) is 61.2 Å². The topological polar surface area (TPSA) is 342 Å². The van der Waals surface area contributed by atoms with E-state index in [0.717, 1.165) is 0 Å². The number of piperidine rings is 1. The molecule has 2 saturated heterocycles. The highest BCUT2D eigenvalue weighted by molar-refractivity contribution is 5.97. The van der Waals surface area contributed by atoms with Crippen LogP contribution in [0, 0.1) is 47.3 Å². The fraction of sp³-hybridized carbons (Fsp3) is 0.742. The second kappa shape index (κ2) is 38.3. The molecule has 0 unspecified atom stereocenters. The predicted molar refractivity (Wildman–Crippen MR) is 345 cm³/mol. The van der Waals surface area contributed by atoms with Crippen LogP contribution in [0.5, 0.6) is 0 Å². The largest absolute Gasteiger partial charge is 0.379 e. The number of nitrogens with two attached hydrogens (primary N) is 1. The molecule has 0 aromatic heterocycles. The molecule has 2 fully saturated rings. The summed E-state index contributed by atoms with van der Waals surface area (Å²) in [6.07, 6.45) is 0.541. The summed E-state index contributed by atoms with van der Waals surface area (Å²) in [5, 5.41) is 14.7. The lowest BCUT2D eigenvalue weighted by molar-refractivity contribution is -0.149. The first-order valence-electron chi connectivity index (χ1n) is 32.5. The molecule has 510 valence electrons. The zero-order valence-electron chi connectivity index (χ0n) is 57.1. The third kappa shape index (κ3) is 23.7. The van der Waals surface area contributed by atoms with Gasteiger partial charge in [0.1, 0.15) is 0 Å². The number of rotatable bonds is 39. The molecule has 2 heterocycles. The van der Waals surface area contributed by atoms with Gasteiger partial charge >= 0.3 is 0 Å². The first-order valence-corrected chi connectivity index (χ1v) is 32.5. The zero-order valence-corrected chi connectivity index (χ0v) is 57.1. The van der Waals surface area contributed by atoms with Crippen molar-refractivity contribution in [3.05, 3.63) is 45.8 Å². The highest BCUT2D eigenvalue weighted by Crippen LogP contribution is 2.32. The number of nitrogens with zero attached hydrogens (tertiary/aromatic N) is 7. The number of azide groups is 1. The minimum atomic E-state index is -1.33. The van der Waals surface area contributed by atoms with Gasteiger partial charge in [0.2, 0.25) is 47.3 Å². The van der Waals surface area contributed by atoms with Crippen molar-refractivity contribution in [2.75, 3.05) is 68.6 Å². The highest BCUT2D eigenvalue weighted by Gasteiger charge is 2.44. The van der Waals surface area contributed by atoms with E-state index in [2.05, 4.69) is 31.3 Å². The van der Waals surface area contributed by atoms with Crippen LogP contribution in [0.15, 0.2) is 29.4 Å². The molecule has 0 aliphatic carbocycles. The number of ketones is 3. The van der Waals surface area contributed by atoms with Crippen LogP contribution >= 0.6 is 0 Å². The van der Waals surface area contributed by atoms with Gasteiger partial charge in [-0.05, 0) is 93.5 Å². The fourth-order valence-electron chi connectivity index (χ4n) is 12.9. The molecule has 6 N–H and O–H groups in total. The quantitative estimate of drug-likeness (QED) is 0.0338. The monoisotopic (exact) mass is 1280 g/mol. The number of carbonyl (C=O) groups is 11. The number of amides is 8. The number of methoxy groups -OCH3 is 2. The number of primary amides is 1. The Morgan fingerprint density at radius 2 is 1.32 bits per heavy atom. The minimum absolute atomic E-state index is 0.00314. The van der Waals surface area contributed by atoms with E-state index in [0.29, 0.717) is 62.9 Å². The summed E-state index contributed by atoms with van der Waals surface area (Å²) >= 11 is 0. The van der Waals surface area contributed by atoms with Crippen LogP contribution < -0.4 is 27.0 Å². The van der Waals surface area contributed by atoms with Gasteiger partial charge in [-0.2, -0.15) is 0 Å². The van der Waals surface area contributed by atoms with Crippen molar-refractivity contribution in [2.24, 2.45) is 58.2 Å². The number of hydrogen-bond donors (Lipinski definition) is 5. The Balaban J connectivity index is 1.68. The molecule has 3 rings (SSSR count). The number of carbonyl (C=O) groups excluding carboxylic acids is 11. The van der Waals surface area contributed by atoms with Crippen LogP contribution in [0.25, 0.3) is 10.4 Å². The lowest BCUT2D eigenvalue weighted by Crippen LogP contribution is -2.54. The summed E-state index contributed by atoms with van der Waals surface area (Å²) in [5.74, 6) is -7.10. The van der Waals surface area contributed by atoms with Gasteiger partial charge in [-0.25, -0.2) is 0 Å². The van der Waals surface area contributed by atoms with Crippen LogP contribution in [0.2, 0.25) is 0 Å². The highest BCUT2D eigenvalue weighted by atomic mass is 16.5. The predicted octanol–water partition coefficient (Wildman–Crippen LogP) is 4.73. The number of nitrogens with one attached hydrogen (secondary N) is 4. The molecule has 0 spiro atoms. The number of likely N-dealkylation sites (tertiary alicyclic amines) is 2. The summed E-state index contributed by atoms with van der Waals surface area (Å²) < 4.78 is 12.1. The van der Waals surface area contributed by atoms with E-state index >= 15 is 0 Å². The second-order valence-corrected chi connectivity index (χ2v) is 26.4. The van der Waals surface area contributed by atoms with Crippen molar-refractivity contribution in [2.45, 2.75) is 201 Å². The van der Waals surface area contributed by atoms with Crippen molar-refractivity contribution < 1.29 is 62.2 Å². The Hall–Kier alpha value is -6.82. The summed E-state index contributed by atoms with van der Waals surface area (Å²) in [6.45, 7) is 19.7. The zero-order chi connectivity index (χ0) is 68.6. The Morgan fingerprint density at radius 1 is 0.714 bits per heavy atom. The van der Waals surface area contributed by atoms with Gasteiger partial charge in [0.25, 0.3) is 0 Å². The maximum atomic E-state index is 14.5. The van der Waals surface area contributed by atoms with E-state index in [-0.39, 0.29) is 111 Å².